The third-order valence-corrected chi connectivity index (χ3v) is 3.11. The van der Waals surface area contributed by atoms with Crippen LogP contribution < -0.4 is 11.1 Å². The third-order valence-electron chi connectivity index (χ3n) is 3.11. The molecule has 0 bridgehead atoms. The smallest absolute Gasteiger partial charge is 0.310 e. The van der Waals surface area contributed by atoms with E-state index >= 15 is 0 Å². The molecule has 0 aromatic heterocycles. The van der Waals surface area contributed by atoms with Gasteiger partial charge in [0, 0.05) is 11.4 Å². The zero-order valence-corrected chi connectivity index (χ0v) is 12.3. The highest BCUT2D eigenvalue weighted by Gasteiger charge is 2.13. The van der Waals surface area contributed by atoms with Crippen molar-refractivity contribution >= 4 is 23.3 Å². The second-order valence-corrected chi connectivity index (χ2v) is 4.68. The van der Waals surface area contributed by atoms with Crippen molar-refractivity contribution in [3.8, 4) is 0 Å². The van der Waals surface area contributed by atoms with Gasteiger partial charge < -0.3 is 15.8 Å². The average molecular weight is 298 g/mol. The predicted molar refractivity (Wildman–Crippen MR) is 85.6 cm³/mol. The SMILES string of the molecule is CCOC(=O)Cc1ccccc1NC(=O)c1ccccc1N. The summed E-state index contributed by atoms with van der Waals surface area (Å²) >= 11 is 0. The molecule has 114 valence electrons. The van der Waals surface area contributed by atoms with Crippen molar-refractivity contribution in [2.45, 2.75) is 13.3 Å². The first-order valence-electron chi connectivity index (χ1n) is 7.01. The number of amides is 1. The van der Waals surface area contributed by atoms with Crippen LogP contribution >= 0.6 is 0 Å². The number of anilines is 2. The van der Waals surface area contributed by atoms with Crippen LogP contribution in [0.25, 0.3) is 0 Å². The molecule has 0 aliphatic heterocycles. The lowest BCUT2D eigenvalue weighted by atomic mass is 10.1. The molecule has 0 unspecified atom stereocenters. The van der Waals surface area contributed by atoms with Crippen LogP contribution in [0.15, 0.2) is 48.5 Å². The maximum Gasteiger partial charge on any atom is 0.310 e. The summed E-state index contributed by atoms with van der Waals surface area (Å²) in [6.07, 6.45) is 0.106. The first kappa shape index (κ1) is 15.6. The van der Waals surface area contributed by atoms with Gasteiger partial charge in [0.25, 0.3) is 5.91 Å². The van der Waals surface area contributed by atoms with Crippen molar-refractivity contribution in [1.29, 1.82) is 0 Å². The Hall–Kier alpha value is -2.82. The summed E-state index contributed by atoms with van der Waals surface area (Å²) in [5.74, 6) is -0.641. The predicted octanol–water partition coefficient (Wildman–Crippen LogP) is 2.63. The number of nitrogens with two attached hydrogens (primary N) is 1. The fraction of sp³-hybridized carbons (Fsp3) is 0.176. The van der Waals surface area contributed by atoms with Gasteiger partial charge in [-0.05, 0) is 30.7 Å². The Balaban J connectivity index is 2.18. The molecule has 0 fully saturated rings. The van der Waals surface area contributed by atoms with Crippen molar-refractivity contribution in [2.75, 3.05) is 17.7 Å². The second-order valence-electron chi connectivity index (χ2n) is 4.68. The van der Waals surface area contributed by atoms with E-state index in [0.717, 1.165) is 0 Å². The number of carbonyl (C=O) groups excluding carboxylic acids is 2. The van der Waals surface area contributed by atoms with Gasteiger partial charge in [-0.15, -0.1) is 0 Å². The van der Waals surface area contributed by atoms with Crippen LogP contribution in [0.2, 0.25) is 0 Å². The summed E-state index contributed by atoms with van der Waals surface area (Å²) in [6.45, 7) is 2.08. The topological polar surface area (TPSA) is 81.4 Å². The molecule has 0 saturated heterocycles. The lowest BCUT2D eigenvalue weighted by molar-refractivity contribution is -0.142. The van der Waals surface area contributed by atoms with Gasteiger partial charge in [-0.1, -0.05) is 30.3 Å². The summed E-state index contributed by atoms with van der Waals surface area (Å²) in [7, 11) is 0. The van der Waals surface area contributed by atoms with Crippen molar-refractivity contribution < 1.29 is 14.3 Å². The summed E-state index contributed by atoms with van der Waals surface area (Å²) in [5.41, 5.74) is 7.87. The molecule has 0 aliphatic carbocycles. The van der Waals surface area contributed by atoms with Crippen LogP contribution in [0.1, 0.15) is 22.8 Å². The lowest BCUT2D eigenvalue weighted by Gasteiger charge is -2.11. The molecule has 5 nitrogen and oxygen atoms in total. The molecule has 1 amide bonds. The molecule has 2 aromatic rings. The molecule has 0 spiro atoms. The zero-order chi connectivity index (χ0) is 15.9. The summed E-state index contributed by atoms with van der Waals surface area (Å²) in [6, 6.07) is 13.9. The van der Waals surface area contributed by atoms with Crippen LogP contribution in [-0.2, 0) is 16.0 Å². The number of nitrogen functional groups attached to an aromatic ring is 1. The summed E-state index contributed by atoms with van der Waals surface area (Å²) < 4.78 is 4.94. The first-order chi connectivity index (χ1) is 10.6. The van der Waals surface area contributed by atoms with Crippen LogP contribution in [0.5, 0.6) is 0 Å². The van der Waals surface area contributed by atoms with Crippen LogP contribution in [-0.4, -0.2) is 18.5 Å². The van der Waals surface area contributed by atoms with Crippen molar-refractivity contribution in [3.63, 3.8) is 0 Å². The van der Waals surface area contributed by atoms with E-state index in [1.165, 1.54) is 0 Å². The van der Waals surface area contributed by atoms with E-state index in [0.29, 0.717) is 29.1 Å². The standard InChI is InChI=1S/C17H18N2O3/c1-2-22-16(20)11-12-7-3-6-10-15(12)19-17(21)13-8-4-5-9-14(13)18/h3-10H,2,11,18H2,1H3,(H,19,21). The maximum atomic E-state index is 12.3. The van der Waals surface area contributed by atoms with Crippen molar-refractivity contribution in [3.05, 3.63) is 59.7 Å². The van der Waals surface area contributed by atoms with E-state index in [2.05, 4.69) is 5.32 Å². The normalized spacial score (nSPS) is 10.0. The Bertz CT molecular complexity index is 683. The number of nitrogens with one attached hydrogen (secondary N) is 1. The van der Waals surface area contributed by atoms with Crippen molar-refractivity contribution in [1.82, 2.24) is 0 Å². The van der Waals surface area contributed by atoms with E-state index in [4.69, 9.17) is 10.5 Å². The molecule has 5 heteroatoms. The number of ether oxygens (including phenoxy) is 1. The molecule has 0 heterocycles. The van der Waals surface area contributed by atoms with E-state index in [1.54, 1.807) is 55.5 Å². The quantitative estimate of drug-likeness (QED) is 0.656. The first-order valence-corrected chi connectivity index (χ1v) is 7.01. The molecule has 0 radical (unpaired) electrons. The minimum atomic E-state index is -0.330. The number of para-hydroxylation sites is 2. The molecule has 3 N–H and O–H groups in total. The van der Waals surface area contributed by atoms with Gasteiger partial charge >= 0.3 is 5.97 Å². The average Bonchev–Trinajstić information content (AvgIpc) is 2.50. The molecule has 2 rings (SSSR count). The molecule has 0 saturated carbocycles. The van der Waals surface area contributed by atoms with Gasteiger partial charge in [0.2, 0.25) is 0 Å². The summed E-state index contributed by atoms with van der Waals surface area (Å²) in [5, 5.41) is 2.79. The fourth-order valence-corrected chi connectivity index (χ4v) is 2.06. The monoisotopic (exact) mass is 298 g/mol. The van der Waals surface area contributed by atoms with Gasteiger partial charge in [-0.3, -0.25) is 9.59 Å². The Labute approximate surface area is 129 Å². The van der Waals surface area contributed by atoms with E-state index in [9.17, 15) is 9.59 Å². The van der Waals surface area contributed by atoms with Crippen LogP contribution in [0, 0.1) is 0 Å². The molecule has 2 aromatic carbocycles. The number of hydrogen-bond acceptors (Lipinski definition) is 4. The number of rotatable bonds is 5. The number of hydrogen-bond donors (Lipinski definition) is 2. The second kappa shape index (κ2) is 7.26. The minimum absolute atomic E-state index is 0.106. The highest BCUT2D eigenvalue weighted by atomic mass is 16.5. The molecular formula is C17H18N2O3. The highest BCUT2D eigenvalue weighted by Crippen LogP contribution is 2.19. The van der Waals surface area contributed by atoms with Crippen molar-refractivity contribution in [2.24, 2.45) is 0 Å². The van der Waals surface area contributed by atoms with Gasteiger partial charge in [-0.25, -0.2) is 0 Å². The van der Waals surface area contributed by atoms with Crippen LogP contribution in [0.4, 0.5) is 11.4 Å². The van der Waals surface area contributed by atoms with Crippen LogP contribution in [0.3, 0.4) is 0 Å². The zero-order valence-electron chi connectivity index (χ0n) is 12.3. The molecular weight excluding hydrogens is 280 g/mol. The van der Waals surface area contributed by atoms with E-state index in [1.807, 2.05) is 0 Å². The molecule has 22 heavy (non-hydrogen) atoms. The Kier molecular flexibility index (Phi) is 5.14. The number of esters is 1. The van der Waals surface area contributed by atoms with Gasteiger partial charge in [0.15, 0.2) is 0 Å². The van der Waals surface area contributed by atoms with E-state index < -0.39 is 0 Å². The molecule has 0 atom stereocenters. The third kappa shape index (κ3) is 3.85. The molecule has 0 aliphatic rings. The van der Waals surface area contributed by atoms with Gasteiger partial charge in [-0.2, -0.15) is 0 Å². The maximum absolute atomic E-state index is 12.3. The van der Waals surface area contributed by atoms with Gasteiger partial charge in [0.05, 0.1) is 18.6 Å². The summed E-state index contributed by atoms with van der Waals surface area (Å²) in [4.78, 5) is 23.9. The highest BCUT2D eigenvalue weighted by molar-refractivity contribution is 6.08. The van der Waals surface area contributed by atoms with Gasteiger partial charge in [0.1, 0.15) is 0 Å². The Morgan fingerprint density at radius 2 is 1.77 bits per heavy atom. The Morgan fingerprint density at radius 3 is 2.50 bits per heavy atom. The minimum Gasteiger partial charge on any atom is -0.466 e. The van der Waals surface area contributed by atoms with E-state index in [-0.39, 0.29) is 18.3 Å². The fourth-order valence-electron chi connectivity index (χ4n) is 2.06. The Morgan fingerprint density at radius 1 is 1.09 bits per heavy atom. The number of benzene rings is 2. The number of carbonyl (C=O) groups is 2. The lowest BCUT2D eigenvalue weighted by Crippen LogP contribution is -2.16. The largest absolute Gasteiger partial charge is 0.466 e.